The molecule has 0 aliphatic carbocycles. The maximum Gasteiger partial charge on any atom is 0.264 e. The van der Waals surface area contributed by atoms with Gasteiger partial charge in [0.2, 0.25) is 10.0 Å². The van der Waals surface area contributed by atoms with Gasteiger partial charge in [-0.2, -0.15) is 0 Å². The molecule has 0 aromatic heterocycles. The van der Waals surface area contributed by atoms with E-state index in [1.165, 1.54) is 18.2 Å². The zero-order chi connectivity index (χ0) is 15.5. The molecule has 5 nitrogen and oxygen atoms in total. The Hall–Kier alpha value is -2.47. The van der Waals surface area contributed by atoms with Crippen LogP contribution in [0.2, 0.25) is 0 Å². The van der Waals surface area contributed by atoms with Crippen LogP contribution in [-0.4, -0.2) is 26.4 Å². The van der Waals surface area contributed by atoms with Crippen molar-refractivity contribution < 1.29 is 18.0 Å². The molecule has 2 aromatic rings. The monoisotopic (exact) mass is 303 g/mol. The van der Waals surface area contributed by atoms with Gasteiger partial charge < -0.3 is 0 Å². The highest BCUT2D eigenvalue weighted by atomic mass is 32.2. The summed E-state index contributed by atoms with van der Waals surface area (Å²) in [5.41, 5.74) is 0.933. The molecule has 2 aromatic carbocycles. The lowest BCUT2D eigenvalue weighted by atomic mass is 10.0. The number of nitrogens with one attached hydrogen (secondary N) is 1. The lowest BCUT2D eigenvalue weighted by molar-refractivity contribution is 0.0981. The number of benzene rings is 2. The molecule has 1 amide bonds. The van der Waals surface area contributed by atoms with Crippen LogP contribution >= 0.6 is 0 Å². The van der Waals surface area contributed by atoms with Crippen LogP contribution in [0.15, 0.2) is 54.6 Å². The summed E-state index contributed by atoms with van der Waals surface area (Å²) in [6.45, 7) is 0. The van der Waals surface area contributed by atoms with Gasteiger partial charge in [0.1, 0.15) is 0 Å². The number of carbonyl (C=O) groups excluding carboxylic acids is 2. The van der Waals surface area contributed by atoms with Crippen molar-refractivity contribution in [3.8, 4) is 0 Å². The largest absolute Gasteiger partial charge is 0.289 e. The van der Waals surface area contributed by atoms with Gasteiger partial charge in [0.25, 0.3) is 5.91 Å². The van der Waals surface area contributed by atoms with E-state index in [1.807, 2.05) is 4.72 Å². The zero-order valence-electron chi connectivity index (χ0n) is 11.2. The summed E-state index contributed by atoms with van der Waals surface area (Å²) in [7, 11) is -3.64. The van der Waals surface area contributed by atoms with Gasteiger partial charge in [-0.25, -0.2) is 13.1 Å². The van der Waals surface area contributed by atoms with E-state index >= 15 is 0 Å². The Balaban J connectivity index is 2.30. The highest BCUT2D eigenvalue weighted by Gasteiger charge is 2.14. The summed E-state index contributed by atoms with van der Waals surface area (Å²) in [5, 5.41) is 0. The molecule has 108 valence electrons. The molecular weight excluding hydrogens is 290 g/mol. The number of sulfonamides is 1. The molecule has 6 heteroatoms. The van der Waals surface area contributed by atoms with Gasteiger partial charge in [-0.1, -0.05) is 42.5 Å². The van der Waals surface area contributed by atoms with Crippen molar-refractivity contribution in [1.82, 2.24) is 4.72 Å². The molecule has 0 aliphatic heterocycles. The first-order valence-electron chi connectivity index (χ1n) is 6.09. The van der Waals surface area contributed by atoms with Crippen LogP contribution < -0.4 is 4.72 Å². The van der Waals surface area contributed by atoms with Gasteiger partial charge in [0.05, 0.1) is 6.26 Å². The lowest BCUT2D eigenvalue weighted by Gasteiger charge is -2.05. The fourth-order valence-electron chi connectivity index (χ4n) is 1.79. The van der Waals surface area contributed by atoms with Crippen LogP contribution in [0, 0.1) is 0 Å². The predicted molar refractivity (Wildman–Crippen MR) is 78.6 cm³/mol. The van der Waals surface area contributed by atoms with Crippen molar-refractivity contribution in [2.24, 2.45) is 0 Å². The molecule has 0 fully saturated rings. The van der Waals surface area contributed by atoms with Crippen molar-refractivity contribution in [2.75, 3.05) is 6.26 Å². The topological polar surface area (TPSA) is 80.3 Å². The molecule has 0 heterocycles. The van der Waals surface area contributed by atoms with Crippen molar-refractivity contribution >= 4 is 21.7 Å². The van der Waals surface area contributed by atoms with Gasteiger partial charge >= 0.3 is 0 Å². The maximum absolute atomic E-state index is 12.3. The van der Waals surface area contributed by atoms with Gasteiger partial charge in [0, 0.05) is 16.7 Å². The van der Waals surface area contributed by atoms with Gasteiger partial charge in [0.15, 0.2) is 5.78 Å². The van der Waals surface area contributed by atoms with E-state index in [9.17, 15) is 18.0 Å². The highest BCUT2D eigenvalue weighted by Crippen LogP contribution is 2.12. The average molecular weight is 303 g/mol. The second-order valence-electron chi connectivity index (χ2n) is 4.48. The summed E-state index contributed by atoms with van der Waals surface area (Å²) in [4.78, 5) is 24.0. The Bertz CT molecular complexity index is 782. The highest BCUT2D eigenvalue weighted by molar-refractivity contribution is 7.89. The fourth-order valence-corrected chi connectivity index (χ4v) is 2.24. The first kappa shape index (κ1) is 14.9. The second-order valence-corrected chi connectivity index (χ2v) is 6.23. The van der Waals surface area contributed by atoms with E-state index in [4.69, 9.17) is 0 Å². The molecule has 2 rings (SSSR count). The number of hydrogen-bond donors (Lipinski definition) is 1. The first-order valence-corrected chi connectivity index (χ1v) is 7.98. The van der Waals surface area contributed by atoms with Gasteiger partial charge in [-0.3, -0.25) is 9.59 Å². The van der Waals surface area contributed by atoms with Crippen LogP contribution in [0.5, 0.6) is 0 Å². The predicted octanol–water partition coefficient (Wildman–Crippen LogP) is 1.61. The van der Waals surface area contributed by atoms with E-state index < -0.39 is 15.9 Å². The Morgan fingerprint density at radius 1 is 0.857 bits per heavy atom. The number of hydrogen-bond acceptors (Lipinski definition) is 4. The second kappa shape index (κ2) is 5.88. The molecule has 0 atom stereocenters. The van der Waals surface area contributed by atoms with Gasteiger partial charge in [-0.05, 0) is 12.1 Å². The average Bonchev–Trinajstić information content (AvgIpc) is 2.46. The smallest absolute Gasteiger partial charge is 0.264 e. The lowest BCUT2D eigenvalue weighted by Crippen LogP contribution is -2.29. The molecule has 0 saturated heterocycles. The summed E-state index contributed by atoms with van der Waals surface area (Å²) in [6, 6.07) is 14.6. The number of rotatable bonds is 4. The van der Waals surface area contributed by atoms with Crippen LogP contribution in [-0.2, 0) is 10.0 Å². The molecule has 0 bridgehead atoms. The third-order valence-corrected chi connectivity index (χ3v) is 3.26. The van der Waals surface area contributed by atoms with Crippen LogP contribution in [0.3, 0.4) is 0 Å². The van der Waals surface area contributed by atoms with Crippen LogP contribution in [0.4, 0.5) is 0 Å². The Morgan fingerprint density at radius 2 is 1.43 bits per heavy atom. The Labute approximate surface area is 122 Å². The van der Waals surface area contributed by atoms with Crippen molar-refractivity contribution in [3.05, 3.63) is 71.3 Å². The van der Waals surface area contributed by atoms with E-state index in [2.05, 4.69) is 0 Å². The van der Waals surface area contributed by atoms with Crippen molar-refractivity contribution in [3.63, 3.8) is 0 Å². The van der Waals surface area contributed by atoms with Crippen LogP contribution in [0.1, 0.15) is 26.3 Å². The molecule has 0 saturated carbocycles. The van der Waals surface area contributed by atoms with Gasteiger partial charge in [-0.15, -0.1) is 0 Å². The summed E-state index contributed by atoms with van der Waals surface area (Å²) in [6.07, 6.45) is 0.893. The SMILES string of the molecule is CS(=O)(=O)NC(=O)c1cccc(C(=O)c2ccccc2)c1. The maximum atomic E-state index is 12.3. The fraction of sp³-hybridized carbons (Fsp3) is 0.0667. The molecule has 1 N–H and O–H groups in total. The first-order chi connectivity index (χ1) is 9.87. The number of carbonyl (C=O) groups is 2. The number of amides is 1. The zero-order valence-corrected chi connectivity index (χ0v) is 12.1. The summed E-state index contributed by atoms with van der Waals surface area (Å²) < 4.78 is 24.0. The normalized spacial score (nSPS) is 10.9. The summed E-state index contributed by atoms with van der Waals surface area (Å²) in [5.74, 6) is -0.996. The van der Waals surface area contributed by atoms with Crippen LogP contribution in [0.25, 0.3) is 0 Å². The minimum absolute atomic E-state index is 0.113. The van der Waals surface area contributed by atoms with E-state index in [1.54, 1.807) is 36.4 Å². The molecule has 0 spiro atoms. The molecule has 0 aliphatic rings. The minimum Gasteiger partial charge on any atom is -0.289 e. The molecular formula is C15H13NO4S. The third kappa shape index (κ3) is 4.00. The van der Waals surface area contributed by atoms with Crippen molar-refractivity contribution in [1.29, 1.82) is 0 Å². The van der Waals surface area contributed by atoms with E-state index in [-0.39, 0.29) is 11.3 Å². The summed E-state index contributed by atoms with van der Waals surface area (Å²) >= 11 is 0. The molecule has 0 unspecified atom stereocenters. The van der Waals surface area contributed by atoms with E-state index in [0.717, 1.165) is 6.26 Å². The minimum atomic E-state index is -3.64. The quantitative estimate of drug-likeness (QED) is 0.870. The van der Waals surface area contributed by atoms with E-state index in [0.29, 0.717) is 11.1 Å². The van der Waals surface area contributed by atoms with Crippen molar-refractivity contribution in [2.45, 2.75) is 0 Å². The standard InChI is InChI=1S/C15H13NO4S/c1-21(19,20)16-15(18)13-9-5-8-12(10-13)14(17)11-6-3-2-4-7-11/h2-10H,1H3,(H,16,18). The number of ketones is 1. The Kier molecular flexibility index (Phi) is 4.18. The molecule has 21 heavy (non-hydrogen) atoms. The molecule has 0 radical (unpaired) electrons. The third-order valence-electron chi connectivity index (χ3n) is 2.70. The Morgan fingerprint density at radius 3 is 2.05 bits per heavy atom.